The molecule has 0 saturated heterocycles. The number of carbonyl (C=O) groups excluding carboxylic acids is 1. The Morgan fingerprint density at radius 1 is 1.26 bits per heavy atom. The van der Waals surface area contributed by atoms with Crippen LogP contribution in [0.5, 0.6) is 5.75 Å². The van der Waals surface area contributed by atoms with Gasteiger partial charge in [0, 0.05) is 0 Å². The summed E-state index contributed by atoms with van der Waals surface area (Å²) in [5, 5.41) is 1.76. The highest BCUT2D eigenvalue weighted by Gasteiger charge is 2.27. The van der Waals surface area contributed by atoms with Crippen LogP contribution in [0, 0.1) is 0 Å². The van der Waals surface area contributed by atoms with Crippen molar-refractivity contribution < 1.29 is 22.7 Å². The lowest BCUT2D eigenvalue weighted by Crippen LogP contribution is -2.36. The van der Waals surface area contributed by atoms with Crippen LogP contribution in [-0.4, -0.2) is 25.2 Å². The molecule has 1 aliphatic carbocycles. The van der Waals surface area contributed by atoms with E-state index in [2.05, 4.69) is 0 Å². The molecule has 0 fully saturated rings. The topological polar surface area (TPSA) is 38.3 Å². The summed E-state index contributed by atoms with van der Waals surface area (Å²) in [6.45, 7) is -1.74. The molecule has 0 unspecified atom stereocenters. The van der Waals surface area contributed by atoms with Gasteiger partial charge in [-0.2, -0.15) is 13.2 Å². The monoisotopic (exact) mass is 273 g/mol. The van der Waals surface area contributed by atoms with E-state index in [-0.39, 0.29) is 0 Å². The highest BCUT2D eigenvalue weighted by Crippen LogP contribution is 2.25. The average molecular weight is 273 g/mol. The predicted octanol–water partition coefficient (Wildman–Crippen LogP) is 2.23. The zero-order valence-electron chi connectivity index (χ0n) is 10.2. The maximum Gasteiger partial charge on any atom is 0.405 e. The number of benzene rings is 1. The molecule has 0 saturated carbocycles. The van der Waals surface area contributed by atoms with Crippen LogP contribution in [0.1, 0.15) is 17.5 Å². The Morgan fingerprint density at radius 2 is 2.00 bits per heavy atom. The van der Waals surface area contributed by atoms with Crippen molar-refractivity contribution in [3.05, 3.63) is 29.3 Å². The lowest BCUT2D eigenvalue weighted by atomic mass is 10.1. The second kappa shape index (κ2) is 5.50. The molecular formula is C13H14F3NO2. The third-order valence-electron chi connectivity index (χ3n) is 2.93. The maximum atomic E-state index is 11.9. The van der Waals surface area contributed by atoms with Gasteiger partial charge in [-0.1, -0.05) is 6.07 Å². The molecule has 1 amide bonds. The highest BCUT2D eigenvalue weighted by atomic mass is 19.4. The molecule has 1 aliphatic rings. The number of halogens is 3. The van der Waals surface area contributed by atoms with Crippen LogP contribution < -0.4 is 10.1 Å². The number of hydrogen-bond acceptors (Lipinski definition) is 2. The van der Waals surface area contributed by atoms with Crippen LogP contribution >= 0.6 is 0 Å². The predicted molar refractivity (Wildman–Crippen MR) is 63.0 cm³/mol. The van der Waals surface area contributed by atoms with Gasteiger partial charge in [-0.15, -0.1) is 0 Å². The van der Waals surface area contributed by atoms with Crippen molar-refractivity contribution in [1.29, 1.82) is 0 Å². The van der Waals surface area contributed by atoms with Gasteiger partial charge in [0.1, 0.15) is 12.3 Å². The Morgan fingerprint density at radius 3 is 2.74 bits per heavy atom. The minimum absolute atomic E-state index is 0.408. The highest BCUT2D eigenvalue weighted by molar-refractivity contribution is 5.77. The van der Waals surface area contributed by atoms with E-state index in [4.69, 9.17) is 4.74 Å². The van der Waals surface area contributed by atoms with E-state index in [0.717, 1.165) is 19.3 Å². The van der Waals surface area contributed by atoms with Gasteiger partial charge in [-0.25, -0.2) is 0 Å². The Balaban J connectivity index is 1.81. The van der Waals surface area contributed by atoms with Crippen molar-refractivity contribution in [2.24, 2.45) is 0 Å². The molecule has 104 valence electrons. The van der Waals surface area contributed by atoms with Crippen LogP contribution in [0.2, 0.25) is 0 Å². The van der Waals surface area contributed by atoms with Gasteiger partial charge in [-0.3, -0.25) is 4.79 Å². The SMILES string of the molecule is O=C(COc1ccc2c(c1)CCC2)NCC(F)(F)F. The van der Waals surface area contributed by atoms with Crippen molar-refractivity contribution in [2.75, 3.05) is 13.2 Å². The summed E-state index contributed by atoms with van der Waals surface area (Å²) in [6.07, 6.45) is -1.28. The largest absolute Gasteiger partial charge is 0.484 e. The van der Waals surface area contributed by atoms with Crippen LogP contribution in [0.25, 0.3) is 0 Å². The Hall–Kier alpha value is -1.72. The van der Waals surface area contributed by atoms with Crippen molar-refractivity contribution in [1.82, 2.24) is 5.32 Å². The number of aryl methyl sites for hydroxylation is 2. The number of ether oxygens (including phenoxy) is 1. The Kier molecular flexibility index (Phi) is 3.97. The third kappa shape index (κ3) is 4.15. The number of nitrogens with one attached hydrogen (secondary N) is 1. The molecule has 1 aromatic carbocycles. The molecule has 0 aliphatic heterocycles. The van der Waals surface area contributed by atoms with Crippen LogP contribution in [0.3, 0.4) is 0 Å². The van der Waals surface area contributed by atoms with Crippen molar-refractivity contribution in [3.63, 3.8) is 0 Å². The molecule has 2 rings (SSSR count). The van der Waals surface area contributed by atoms with E-state index in [9.17, 15) is 18.0 Å². The first-order valence-electron chi connectivity index (χ1n) is 6.02. The standard InChI is InChI=1S/C13H14F3NO2/c14-13(15,16)8-17-12(18)7-19-11-5-4-9-2-1-3-10(9)6-11/h4-6H,1-3,7-8H2,(H,17,18). The van der Waals surface area contributed by atoms with E-state index < -0.39 is 25.2 Å². The van der Waals surface area contributed by atoms with Gasteiger partial charge < -0.3 is 10.1 Å². The smallest absolute Gasteiger partial charge is 0.405 e. The van der Waals surface area contributed by atoms with Crippen LogP contribution in [0.15, 0.2) is 18.2 Å². The molecule has 0 heterocycles. The minimum atomic E-state index is -4.40. The first kappa shape index (κ1) is 13.7. The number of hydrogen-bond donors (Lipinski definition) is 1. The van der Waals surface area contributed by atoms with Gasteiger partial charge in [0.15, 0.2) is 6.61 Å². The fourth-order valence-corrected chi connectivity index (χ4v) is 2.04. The van der Waals surface area contributed by atoms with Crippen molar-refractivity contribution in [2.45, 2.75) is 25.4 Å². The lowest BCUT2D eigenvalue weighted by molar-refractivity contribution is -0.139. The first-order valence-corrected chi connectivity index (χ1v) is 6.02. The second-order valence-corrected chi connectivity index (χ2v) is 4.46. The number of rotatable bonds is 4. The van der Waals surface area contributed by atoms with Gasteiger partial charge in [0.2, 0.25) is 0 Å². The van der Waals surface area contributed by atoms with E-state index >= 15 is 0 Å². The van der Waals surface area contributed by atoms with E-state index in [1.807, 2.05) is 12.1 Å². The van der Waals surface area contributed by atoms with Gasteiger partial charge in [0.25, 0.3) is 5.91 Å². The summed E-state index contributed by atoms with van der Waals surface area (Å²) in [7, 11) is 0. The van der Waals surface area contributed by atoms with Crippen molar-refractivity contribution >= 4 is 5.91 Å². The van der Waals surface area contributed by atoms with Gasteiger partial charge in [0.05, 0.1) is 0 Å². The number of amides is 1. The average Bonchev–Trinajstić information content (AvgIpc) is 2.80. The van der Waals surface area contributed by atoms with E-state index in [1.165, 1.54) is 11.1 Å². The molecule has 0 atom stereocenters. The quantitative estimate of drug-likeness (QED) is 0.913. The van der Waals surface area contributed by atoms with Gasteiger partial charge >= 0.3 is 6.18 Å². The number of carbonyl (C=O) groups is 1. The molecule has 19 heavy (non-hydrogen) atoms. The number of alkyl halides is 3. The Bertz CT molecular complexity index is 471. The number of fused-ring (bicyclic) bond motifs is 1. The minimum Gasteiger partial charge on any atom is -0.484 e. The third-order valence-corrected chi connectivity index (χ3v) is 2.93. The summed E-state index contributed by atoms with van der Waals surface area (Å²) in [4.78, 5) is 11.2. The summed E-state index contributed by atoms with van der Waals surface area (Å²) >= 11 is 0. The van der Waals surface area contributed by atoms with Crippen molar-refractivity contribution in [3.8, 4) is 5.75 Å². The van der Waals surface area contributed by atoms with E-state index in [0.29, 0.717) is 5.75 Å². The van der Waals surface area contributed by atoms with Crippen LogP contribution in [0.4, 0.5) is 13.2 Å². The molecule has 1 aromatic rings. The summed E-state index contributed by atoms with van der Waals surface area (Å²) in [5.41, 5.74) is 2.46. The molecule has 1 N–H and O–H groups in total. The molecule has 0 radical (unpaired) electrons. The molecular weight excluding hydrogens is 259 g/mol. The zero-order chi connectivity index (χ0) is 13.9. The summed E-state index contributed by atoms with van der Waals surface area (Å²) in [6, 6.07) is 5.52. The fraction of sp³-hybridized carbons (Fsp3) is 0.462. The normalized spacial score (nSPS) is 14.1. The molecule has 6 heteroatoms. The Labute approximate surface area is 108 Å². The molecule has 3 nitrogen and oxygen atoms in total. The van der Waals surface area contributed by atoms with E-state index in [1.54, 1.807) is 11.4 Å². The zero-order valence-corrected chi connectivity index (χ0v) is 10.2. The summed E-state index contributed by atoms with van der Waals surface area (Å²) in [5.74, 6) is -0.263. The maximum absolute atomic E-state index is 11.9. The molecule has 0 aromatic heterocycles. The summed E-state index contributed by atoms with van der Waals surface area (Å²) < 4.78 is 40.8. The lowest BCUT2D eigenvalue weighted by Gasteiger charge is -2.10. The molecule has 0 bridgehead atoms. The van der Waals surface area contributed by atoms with Crippen LogP contribution in [-0.2, 0) is 17.6 Å². The fourth-order valence-electron chi connectivity index (χ4n) is 2.04. The first-order chi connectivity index (χ1) is 8.94. The van der Waals surface area contributed by atoms with Gasteiger partial charge in [-0.05, 0) is 42.5 Å². The second-order valence-electron chi connectivity index (χ2n) is 4.46. The molecule has 0 spiro atoms.